The van der Waals surface area contributed by atoms with Crippen molar-refractivity contribution >= 4 is 12.1 Å². The summed E-state index contributed by atoms with van der Waals surface area (Å²) < 4.78 is 11.1. The molecule has 1 N–H and O–H groups in total. The van der Waals surface area contributed by atoms with Gasteiger partial charge in [-0.15, -0.1) is 0 Å². The molecule has 0 aliphatic rings. The van der Waals surface area contributed by atoms with Gasteiger partial charge in [0, 0.05) is 0 Å². The molecule has 6 nitrogen and oxygen atoms in total. The Morgan fingerprint density at radius 1 is 1.06 bits per heavy atom. The monoisotopic (exact) mass is 434 g/mol. The van der Waals surface area contributed by atoms with Crippen LogP contribution in [0.15, 0.2) is 30.3 Å². The Bertz CT molecular complexity index is 672. The number of hydrogen-bond donors (Lipinski definition) is 1. The molecule has 1 rings (SSSR count). The third kappa shape index (κ3) is 9.72. The molecule has 176 valence electrons. The summed E-state index contributed by atoms with van der Waals surface area (Å²) in [6.07, 6.45) is 1.69. The molecule has 0 radical (unpaired) electrons. The minimum absolute atomic E-state index is 0.0631. The predicted octanol–water partition coefficient (Wildman–Crippen LogP) is 5.36. The van der Waals surface area contributed by atoms with Gasteiger partial charge in [0.05, 0.1) is 6.17 Å². The molecule has 0 aromatic heterocycles. The Labute approximate surface area is 188 Å². The number of hydrogen-bond acceptors (Lipinski definition) is 5. The lowest BCUT2D eigenvalue weighted by Gasteiger charge is -2.38. The van der Waals surface area contributed by atoms with Gasteiger partial charge in [0.15, 0.2) is 0 Å². The summed E-state index contributed by atoms with van der Waals surface area (Å²) in [5.41, 5.74) is 0.360. The average Bonchev–Trinajstić information content (AvgIpc) is 2.70. The summed E-state index contributed by atoms with van der Waals surface area (Å²) in [5.74, 6) is 0.161. The van der Waals surface area contributed by atoms with Crippen LogP contribution in [0.25, 0.3) is 0 Å². The number of ether oxygens (including phenoxy) is 2. The van der Waals surface area contributed by atoms with Crippen LogP contribution in [0, 0.1) is 11.8 Å². The highest BCUT2D eigenvalue weighted by molar-refractivity contribution is 5.76. The van der Waals surface area contributed by atoms with Gasteiger partial charge < -0.3 is 14.8 Å². The van der Waals surface area contributed by atoms with Crippen LogP contribution in [0.3, 0.4) is 0 Å². The first-order chi connectivity index (χ1) is 14.5. The number of carbonyl (C=O) groups is 2. The Kier molecular flexibility index (Phi) is 11.0. The fourth-order valence-electron chi connectivity index (χ4n) is 3.35. The second-order valence-electron chi connectivity index (χ2n) is 9.50. The molecule has 0 aliphatic heterocycles. The van der Waals surface area contributed by atoms with E-state index in [4.69, 9.17) is 9.47 Å². The van der Waals surface area contributed by atoms with E-state index in [1.54, 1.807) is 0 Å². The van der Waals surface area contributed by atoms with Gasteiger partial charge in [-0.3, -0.25) is 9.69 Å². The lowest BCUT2D eigenvalue weighted by molar-refractivity contribution is -0.154. The molecule has 0 bridgehead atoms. The molecule has 0 saturated carbocycles. The fraction of sp³-hybridized carbons (Fsp3) is 0.680. The van der Waals surface area contributed by atoms with E-state index in [2.05, 4.69) is 26.1 Å². The number of carbonyl (C=O) groups excluding carboxylic acids is 2. The van der Waals surface area contributed by atoms with Crippen molar-refractivity contribution in [3.8, 4) is 0 Å². The van der Waals surface area contributed by atoms with Crippen LogP contribution < -0.4 is 5.32 Å². The lowest BCUT2D eigenvalue weighted by atomic mass is 9.95. The Morgan fingerprint density at radius 2 is 1.68 bits per heavy atom. The maximum Gasteiger partial charge on any atom is 0.408 e. The summed E-state index contributed by atoms with van der Waals surface area (Å²) in [5, 5.41) is 2.98. The molecule has 1 amide bonds. The largest absolute Gasteiger partial charge is 0.460 e. The topological polar surface area (TPSA) is 67.9 Å². The molecule has 1 aromatic carbocycles. The van der Waals surface area contributed by atoms with E-state index < -0.39 is 17.7 Å². The molecule has 0 spiro atoms. The number of rotatable bonds is 11. The first kappa shape index (κ1) is 27.0. The first-order valence-corrected chi connectivity index (χ1v) is 11.4. The zero-order chi connectivity index (χ0) is 23.6. The van der Waals surface area contributed by atoms with Crippen LogP contribution in [0.2, 0.25) is 0 Å². The van der Waals surface area contributed by atoms with E-state index in [1.807, 2.05) is 70.0 Å². The van der Waals surface area contributed by atoms with Crippen LogP contribution in [0.5, 0.6) is 0 Å². The Balaban J connectivity index is 3.01. The van der Waals surface area contributed by atoms with Gasteiger partial charge in [0.2, 0.25) is 0 Å². The lowest BCUT2D eigenvalue weighted by Crippen LogP contribution is -2.56. The predicted molar refractivity (Wildman–Crippen MR) is 124 cm³/mol. The van der Waals surface area contributed by atoms with Gasteiger partial charge >= 0.3 is 12.1 Å². The van der Waals surface area contributed by atoms with Gasteiger partial charge in [-0.1, -0.05) is 70.9 Å². The Morgan fingerprint density at radius 3 is 2.19 bits per heavy atom. The van der Waals surface area contributed by atoms with Gasteiger partial charge in [-0.05, 0) is 51.6 Å². The van der Waals surface area contributed by atoms with E-state index in [9.17, 15) is 9.59 Å². The maximum atomic E-state index is 13.1. The molecule has 0 saturated heterocycles. The third-order valence-electron chi connectivity index (χ3n) is 5.58. The fourth-order valence-corrected chi connectivity index (χ4v) is 3.35. The normalized spacial score (nSPS) is 15.6. The van der Waals surface area contributed by atoms with Crippen LogP contribution >= 0.6 is 0 Å². The number of esters is 1. The zero-order valence-electron chi connectivity index (χ0n) is 20.6. The van der Waals surface area contributed by atoms with Crippen molar-refractivity contribution in [2.45, 2.75) is 92.1 Å². The molecule has 1 aromatic rings. The molecular weight excluding hydrogens is 392 g/mol. The van der Waals surface area contributed by atoms with E-state index in [-0.39, 0.29) is 24.7 Å². The SMILES string of the molecule is CCC(C)CC(NC(=O)OC(C)(C)C)N(C)C(C(=O)OCc1ccccc1)C(C)CC. The number of likely N-dealkylation sites (N-methyl/N-ethyl adjacent to an activating group) is 1. The average molecular weight is 435 g/mol. The second-order valence-corrected chi connectivity index (χ2v) is 9.50. The summed E-state index contributed by atoms with van der Waals surface area (Å²) in [4.78, 5) is 27.6. The van der Waals surface area contributed by atoms with E-state index in [0.717, 1.165) is 18.4 Å². The summed E-state index contributed by atoms with van der Waals surface area (Å²) in [6.45, 7) is 14.1. The standard InChI is InChI=1S/C25H42N2O4/c1-9-18(3)16-21(26-24(29)31-25(5,6)7)27(8)22(19(4)10-2)23(28)30-17-20-14-12-11-13-15-20/h11-15,18-19,21-22H,9-10,16-17H2,1-8H3,(H,26,29). The minimum Gasteiger partial charge on any atom is -0.460 e. The minimum atomic E-state index is -0.589. The van der Waals surface area contributed by atoms with Crippen molar-refractivity contribution in [3.63, 3.8) is 0 Å². The van der Waals surface area contributed by atoms with Crippen molar-refractivity contribution in [2.75, 3.05) is 7.05 Å². The first-order valence-electron chi connectivity index (χ1n) is 11.4. The number of nitrogens with zero attached hydrogens (tertiary/aromatic N) is 1. The van der Waals surface area contributed by atoms with Gasteiger partial charge in [-0.2, -0.15) is 0 Å². The maximum absolute atomic E-state index is 13.1. The van der Waals surface area contributed by atoms with Crippen molar-refractivity contribution in [1.29, 1.82) is 0 Å². The summed E-state index contributed by atoms with van der Waals surface area (Å²) >= 11 is 0. The van der Waals surface area contributed by atoms with Crippen LogP contribution in [-0.2, 0) is 20.9 Å². The van der Waals surface area contributed by atoms with Crippen molar-refractivity contribution in [1.82, 2.24) is 10.2 Å². The number of alkyl carbamates (subject to hydrolysis) is 1. The van der Waals surface area contributed by atoms with Gasteiger partial charge in [-0.25, -0.2) is 4.79 Å². The highest BCUT2D eigenvalue weighted by atomic mass is 16.6. The highest BCUT2D eigenvalue weighted by Crippen LogP contribution is 2.22. The quantitative estimate of drug-likeness (QED) is 0.375. The molecule has 0 heterocycles. The molecule has 0 fully saturated rings. The molecule has 31 heavy (non-hydrogen) atoms. The molecule has 4 unspecified atom stereocenters. The summed E-state index contributed by atoms with van der Waals surface area (Å²) in [6, 6.07) is 9.18. The molecule has 0 aliphatic carbocycles. The van der Waals surface area contributed by atoms with Crippen molar-refractivity contribution in [2.24, 2.45) is 11.8 Å². The Hall–Kier alpha value is -2.08. The van der Waals surface area contributed by atoms with Gasteiger partial charge in [0.25, 0.3) is 0 Å². The molecular formula is C25H42N2O4. The third-order valence-corrected chi connectivity index (χ3v) is 5.58. The summed E-state index contributed by atoms with van der Waals surface area (Å²) in [7, 11) is 1.88. The highest BCUT2D eigenvalue weighted by Gasteiger charge is 2.35. The smallest absolute Gasteiger partial charge is 0.408 e. The van der Waals surface area contributed by atoms with Crippen molar-refractivity contribution in [3.05, 3.63) is 35.9 Å². The van der Waals surface area contributed by atoms with Crippen LogP contribution in [-0.4, -0.2) is 41.8 Å². The second kappa shape index (κ2) is 12.7. The van der Waals surface area contributed by atoms with E-state index >= 15 is 0 Å². The van der Waals surface area contributed by atoms with Crippen LogP contribution in [0.1, 0.15) is 73.3 Å². The van der Waals surface area contributed by atoms with Gasteiger partial charge in [0.1, 0.15) is 18.2 Å². The number of benzene rings is 1. The van der Waals surface area contributed by atoms with Crippen LogP contribution in [0.4, 0.5) is 4.79 Å². The molecule has 4 atom stereocenters. The molecule has 6 heteroatoms. The number of amides is 1. The number of nitrogens with one attached hydrogen (secondary N) is 1. The van der Waals surface area contributed by atoms with E-state index in [1.165, 1.54) is 0 Å². The van der Waals surface area contributed by atoms with E-state index in [0.29, 0.717) is 12.3 Å². The zero-order valence-corrected chi connectivity index (χ0v) is 20.6. The van der Waals surface area contributed by atoms with Crippen molar-refractivity contribution < 1.29 is 19.1 Å².